The third-order valence-corrected chi connectivity index (χ3v) is 7.44. The molecule has 0 radical (unpaired) electrons. The first kappa shape index (κ1) is 27.0. The number of aliphatic carboxylic acids is 1. The Bertz CT molecular complexity index is 1020. The number of hydrogen-bond donors (Lipinski definition) is 6. The molecule has 2 aromatic carbocycles. The fraction of sp³-hybridized carbons (Fsp3) is 0.519. The topological polar surface area (TPSA) is 139 Å². The monoisotopic (exact) mass is 519 g/mol. The van der Waals surface area contributed by atoms with E-state index < -0.39 is 43.1 Å². The van der Waals surface area contributed by atoms with Gasteiger partial charge in [-0.2, -0.15) is 0 Å². The van der Waals surface area contributed by atoms with E-state index in [-0.39, 0.29) is 6.04 Å². The number of halogens is 1. The van der Waals surface area contributed by atoms with Gasteiger partial charge < -0.3 is 35.6 Å². The summed E-state index contributed by atoms with van der Waals surface area (Å²) in [5.74, 6) is -0.00495. The van der Waals surface area contributed by atoms with Crippen LogP contribution in [0.2, 0.25) is 5.02 Å². The van der Waals surface area contributed by atoms with Crippen molar-refractivity contribution in [2.45, 2.75) is 74.6 Å². The number of rotatable bonds is 6. The summed E-state index contributed by atoms with van der Waals surface area (Å²) in [4.78, 5) is 10.1. The first-order valence-corrected chi connectivity index (χ1v) is 12.8. The molecule has 36 heavy (non-hydrogen) atoms. The minimum atomic E-state index is -1.40. The Morgan fingerprint density at radius 3 is 2.22 bits per heavy atom. The second-order valence-corrected chi connectivity index (χ2v) is 10.2. The van der Waals surface area contributed by atoms with Crippen LogP contribution in [0.1, 0.15) is 60.0 Å². The van der Waals surface area contributed by atoms with Crippen molar-refractivity contribution in [2.75, 3.05) is 13.2 Å². The Hall–Kier alpha value is -2.04. The lowest BCUT2D eigenvalue weighted by atomic mass is 9.90. The molecule has 5 rings (SSSR count). The molecule has 0 spiro atoms. The summed E-state index contributed by atoms with van der Waals surface area (Å²) in [7, 11) is 0. The summed E-state index contributed by atoms with van der Waals surface area (Å²) in [5.41, 5.74) is 4.04. The summed E-state index contributed by atoms with van der Waals surface area (Å²) >= 11 is 6.39. The van der Waals surface area contributed by atoms with E-state index in [0.29, 0.717) is 22.9 Å². The standard InChI is InChI=1S/C22H25ClO5.C5H9NO2/c23-17-8-7-15(22-21(27)20(26)19(25)18(11-24)28-22)10-16(17)9-12-1-3-13(4-2-12)14-5-6-14;7-5(8)4-2-1-3-6-4/h1-4,7-8,10,14,18-22,24-27H,5-6,9,11H2;4,6H,1-3H2,(H,7,8)/t18-,19-,20+,21-,22+;4-/m10/s1. The molecule has 3 aliphatic rings. The van der Waals surface area contributed by atoms with E-state index in [9.17, 15) is 25.2 Å². The van der Waals surface area contributed by atoms with Crippen LogP contribution in [0.15, 0.2) is 42.5 Å². The van der Waals surface area contributed by atoms with Gasteiger partial charge in [-0.25, -0.2) is 0 Å². The Kier molecular flexibility index (Phi) is 9.00. The van der Waals surface area contributed by atoms with Gasteiger partial charge >= 0.3 is 5.97 Å². The molecule has 0 bridgehead atoms. The van der Waals surface area contributed by atoms with Crippen LogP contribution in [0.5, 0.6) is 0 Å². The molecular formula is C27H34ClNO7. The lowest BCUT2D eigenvalue weighted by molar-refractivity contribution is -0.231. The normalized spacial score (nSPS) is 29.9. The van der Waals surface area contributed by atoms with Gasteiger partial charge in [0.05, 0.1) is 6.61 Å². The molecule has 0 aromatic heterocycles. The maximum atomic E-state index is 10.4. The fourth-order valence-electron chi connectivity index (χ4n) is 4.72. The third kappa shape index (κ3) is 6.44. The van der Waals surface area contributed by atoms with E-state index in [4.69, 9.17) is 21.4 Å². The predicted octanol–water partition coefficient (Wildman–Crippen LogP) is 2.15. The highest BCUT2D eigenvalue weighted by Gasteiger charge is 2.44. The van der Waals surface area contributed by atoms with E-state index in [1.807, 2.05) is 6.07 Å². The van der Waals surface area contributed by atoms with Crippen LogP contribution in [0.3, 0.4) is 0 Å². The summed E-state index contributed by atoms with van der Waals surface area (Å²) in [5, 5.41) is 51.6. The maximum Gasteiger partial charge on any atom is 0.320 e. The highest BCUT2D eigenvalue weighted by atomic mass is 35.5. The van der Waals surface area contributed by atoms with Gasteiger partial charge in [-0.1, -0.05) is 48.0 Å². The minimum absolute atomic E-state index is 0.269. The maximum absolute atomic E-state index is 10.4. The van der Waals surface area contributed by atoms with Gasteiger partial charge in [0.2, 0.25) is 0 Å². The van der Waals surface area contributed by atoms with Crippen LogP contribution in [-0.4, -0.2) is 75.1 Å². The predicted molar refractivity (Wildman–Crippen MR) is 134 cm³/mol. The van der Waals surface area contributed by atoms with Crippen molar-refractivity contribution in [1.82, 2.24) is 5.32 Å². The number of aliphatic hydroxyl groups is 4. The van der Waals surface area contributed by atoms with Crippen LogP contribution < -0.4 is 5.32 Å². The van der Waals surface area contributed by atoms with E-state index in [1.54, 1.807) is 12.1 Å². The molecule has 2 aliphatic heterocycles. The molecular weight excluding hydrogens is 486 g/mol. The zero-order valence-electron chi connectivity index (χ0n) is 20.0. The smallest absolute Gasteiger partial charge is 0.320 e. The lowest BCUT2D eigenvalue weighted by Gasteiger charge is -2.40. The largest absolute Gasteiger partial charge is 0.480 e. The summed E-state index contributed by atoms with van der Waals surface area (Å²) in [6, 6.07) is 13.6. The van der Waals surface area contributed by atoms with Crippen molar-refractivity contribution < 1.29 is 35.1 Å². The van der Waals surface area contributed by atoms with Gasteiger partial charge in [-0.15, -0.1) is 0 Å². The number of carboxylic acids is 1. The fourth-order valence-corrected chi connectivity index (χ4v) is 4.91. The number of hydrogen-bond acceptors (Lipinski definition) is 7. The summed E-state index contributed by atoms with van der Waals surface area (Å²) < 4.78 is 5.66. The van der Waals surface area contributed by atoms with E-state index in [2.05, 4.69) is 29.6 Å². The van der Waals surface area contributed by atoms with Crippen LogP contribution in [-0.2, 0) is 16.0 Å². The number of ether oxygens (including phenoxy) is 1. The van der Waals surface area contributed by atoms with Crippen molar-refractivity contribution in [3.8, 4) is 0 Å². The number of carbonyl (C=O) groups is 1. The Morgan fingerprint density at radius 2 is 1.67 bits per heavy atom. The first-order chi connectivity index (χ1) is 17.3. The quantitative estimate of drug-likeness (QED) is 0.341. The molecule has 6 N–H and O–H groups in total. The Balaban J connectivity index is 0.000000325. The molecule has 0 unspecified atom stereocenters. The molecule has 3 fully saturated rings. The van der Waals surface area contributed by atoms with Crippen LogP contribution >= 0.6 is 11.6 Å². The Morgan fingerprint density at radius 1 is 0.972 bits per heavy atom. The number of nitrogens with one attached hydrogen (secondary N) is 1. The second kappa shape index (κ2) is 12.0. The van der Waals surface area contributed by atoms with Crippen molar-refractivity contribution in [2.24, 2.45) is 0 Å². The van der Waals surface area contributed by atoms with Crippen molar-refractivity contribution in [3.63, 3.8) is 0 Å². The zero-order chi connectivity index (χ0) is 25.8. The average molecular weight is 520 g/mol. The minimum Gasteiger partial charge on any atom is -0.480 e. The number of carboxylic acid groups (broad SMARTS) is 1. The van der Waals surface area contributed by atoms with Crippen molar-refractivity contribution >= 4 is 17.6 Å². The van der Waals surface area contributed by atoms with Crippen molar-refractivity contribution in [3.05, 3.63) is 69.7 Å². The summed E-state index contributed by atoms with van der Waals surface area (Å²) in [6.45, 7) is 0.409. The first-order valence-electron chi connectivity index (χ1n) is 12.4. The highest BCUT2D eigenvalue weighted by molar-refractivity contribution is 6.31. The van der Waals surface area contributed by atoms with Gasteiger partial charge in [0.1, 0.15) is 36.6 Å². The van der Waals surface area contributed by atoms with Gasteiger partial charge in [0.25, 0.3) is 0 Å². The molecule has 6 atom stereocenters. The molecule has 1 saturated carbocycles. The summed E-state index contributed by atoms with van der Waals surface area (Å²) in [6.07, 6.45) is -0.899. The van der Waals surface area contributed by atoms with E-state index in [1.165, 1.54) is 18.4 Å². The van der Waals surface area contributed by atoms with Crippen molar-refractivity contribution in [1.29, 1.82) is 0 Å². The average Bonchev–Trinajstić information content (AvgIpc) is 3.57. The SMILES string of the molecule is O=C(O)[C@@H]1CCCN1.OC[C@H]1O[C@@H](c2ccc(Cl)c(Cc3ccc(C4CC4)cc3)c2)[C@H](O)[C@@H](O)[C@@H]1O. The third-order valence-electron chi connectivity index (χ3n) is 7.07. The molecule has 2 saturated heterocycles. The van der Waals surface area contributed by atoms with Crippen LogP contribution in [0, 0.1) is 0 Å². The van der Waals surface area contributed by atoms with Gasteiger partial charge in [0, 0.05) is 5.02 Å². The Labute approximate surface area is 215 Å². The van der Waals surface area contributed by atoms with Gasteiger partial charge in [0.15, 0.2) is 0 Å². The molecule has 2 aromatic rings. The molecule has 2 heterocycles. The lowest BCUT2D eigenvalue weighted by Crippen LogP contribution is -2.55. The molecule has 0 amide bonds. The molecule has 1 aliphatic carbocycles. The molecule has 9 heteroatoms. The van der Waals surface area contributed by atoms with E-state index in [0.717, 1.165) is 30.5 Å². The highest BCUT2D eigenvalue weighted by Crippen LogP contribution is 2.40. The molecule has 8 nitrogen and oxygen atoms in total. The van der Waals surface area contributed by atoms with Crippen LogP contribution in [0.25, 0.3) is 0 Å². The number of aliphatic hydroxyl groups excluding tert-OH is 4. The van der Waals surface area contributed by atoms with Gasteiger partial charge in [-0.3, -0.25) is 4.79 Å². The van der Waals surface area contributed by atoms with Gasteiger partial charge in [-0.05, 0) is 72.9 Å². The second-order valence-electron chi connectivity index (χ2n) is 9.78. The van der Waals surface area contributed by atoms with E-state index >= 15 is 0 Å². The van der Waals surface area contributed by atoms with Crippen LogP contribution in [0.4, 0.5) is 0 Å². The molecule has 196 valence electrons. The number of benzene rings is 2. The zero-order valence-corrected chi connectivity index (χ0v) is 20.7.